The fourth-order valence-corrected chi connectivity index (χ4v) is 3.24. The van der Waals surface area contributed by atoms with Crippen LogP contribution in [0.2, 0.25) is 0 Å². The lowest BCUT2D eigenvalue weighted by molar-refractivity contribution is 1.74. The maximum atomic E-state index is 8.32. The zero-order chi connectivity index (χ0) is 36.2. The van der Waals surface area contributed by atoms with Crippen LogP contribution in [0.5, 0.6) is 0 Å². The van der Waals surface area contributed by atoms with Gasteiger partial charge >= 0.3 is 0 Å². The molecule has 0 fully saturated rings. The van der Waals surface area contributed by atoms with Crippen molar-refractivity contribution in [3.05, 3.63) is 119 Å². The summed E-state index contributed by atoms with van der Waals surface area (Å²) in [4.78, 5) is 0. The number of halogens is 1. The van der Waals surface area contributed by atoms with Gasteiger partial charge in [0.05, 0.1) is 26.0 Å². The zero-order valence-electron chi connectivity index (χ0n) is 34.4. The normalized spacial score (nSPS) is 20.1. The predicted octanol–water partition coefficient (Wildman–Crippen LogP) is 8.86. The molecule has 0 N–H and O–H groups in total. The van der Waals surface area contributed by atoms with Gasteiger partial charge in [-0.05, 0) is 77.1 Å². The monoisotopic (exact) mass is 454 g/mol. The lowest BCUT2D eigenvalue weighted by Gasteiger charge is -2.05. The van der Waals surface area contributed by atoms with Crippen LogP contribution in [-0.4, -0.2) is 0 Å². The Morgan fingerprint density at radius 1 is 0.448 bits per heavy atom. The highest BCUT2D eigenvalue weighted by Crippen LogP contribution is 2.32. The minimum Gasteiger partial charge on any atom is -1.00 e. The second-order valence-electron chi connectivity index (χ2n) is 5.69. The zero-order valence-corrected chi connectivity index (χ0v) is 16.0. The van der Waals surface area contributed by atoms with Gasteiger partial charge in [0.15, 0.2) is 0 Å². The molecule has 0 bridgehead atoms. The van der Waals surface area contributed by atoms with Crippen molar-refractivity contribution >= 4 is 59.0 Å². The van der Waals surface area contributed by atoms with Crippen molar-refractivity contribution in [3.63, 3.8) is 0 Å². The van der Waals surface area contributed by atoms with Crippen LogP contribution in [0.15, 0.2) is 119 Å². The first-order valence-corrected chi connectivity index (χ1v) is 8.98. The van der Waals surface area contributed by atoms with Gasteiger partial charge in [-0.2, -0.15) is 0 Å². The number of benzene rings is 6. The first kappa shape index (κ1) is 6.68. The summed E-state index contributed by atoms with van der Waals surface area (Å²) in [5.41, 5.74) is 0. The Kier molecular flexibility index (Phi) is 1.77. The molecule has 29 heavy (non-hydrogen) atoms. The second-order valence-corrected chi connectivity index (χ2v) is 6.48. The molecule has 140 valence electrons. The lowest BCUT2D eigenvalue weighted by Crippen LogP contribution is -1.78. The van der Waals surface area contributed by atoms with Gasteiger partial charge in [-0.3, -0.25) is 0 Å². The summed E-state index contributed by atoms with van der Waals surface area (Å²) in [5.74, 6) is 0. The summed E-state index contributed by atoms with van der Waals surface area (Å²) in [5, 5.41) is -0.970. The molecule has 0 amide bonds. The molecule has 0 saturated carbocycles. The van der Waals surface area contributed by atoms with E-state index in [1.165, 1.54) is 0 Å². The topological polar surface area (TPSA) is 0 Å². The third-order valence-corrected chi connectivity index (χ3v) is 4.73. The van der Waals surface area contributed by atoms with Crippen LogP contribution in [0, 0.1) is 0 Å². The average Bonchev–Trinajstić information content (AvgIpc) is 3.05. The van der Waals surface area contributed by atoms with E-state index in [-0.39, 0.29) is 67.1 Å². The van der Waals surface area contributed by atoms with Crippen LogP contribution < -0.4 is 0 Å². The lowest BCUT2D eigenvalue weighted by atomic mass is 10.0. The quantitative estimate of drug-likeness (QED) is 0.201. The van der Waals surface area contributed by atoms with E-state index < -0.39 is 96.7 Å². The molecule has 0 heterocycles. The molecule has 0 atom stereocenters. The van der Waals surface area contributed by atoms with Crippen LogP contribution in [0.4, 0.5) is 0 Å². The molecule has 0 aliphatic rings. The van der Waals surface area contributed by atoms with Gasteiger partial charge in [0.2, 0.25) is 0 Å². The molecule has 6 rings (SSSR count). The van der Waals surface area contributed by atoms with Crippen molar-refractivity contribution < 1.29 is 27.5 Å². The fourth-order valence-electron chi connectivity index (χ4n) is 2.64. The summed E-state index contributed by atoms with van der Waals surface area (Å²) < 4.78 is 151. The maximum Gasteiger partial charge on any atom is 0.0636 e. The van der Waals surface area contributed by atoms with Crippen molar-refractivity contribution in [2.45, 2.75) is 0 Å². The van der Waals surface area contributed by atoms with Crippen LogP contribution in [0.25, 0.3) is 43.1 Å². The van der Waals surface area contributed by atoms with Crippen LogP contribution >= 0.6 is 15.9 Å². The summed E-state index contributed by atoms with van der Waals surface area (Å²) in [7, 11) is 0. The molecule has 0 nitrogen and oxygen atoms in total. The van der Waals surface area contributed by atoms with E-state index in [1.807, 2.05) is 0 Å². The minimum atomic E-state index is -0.555. The van der Waals surface area contributed by atoms with Crippen molar-refractivity contribution in [2.75, 3.05) is 0 Å². The third-order valence-electron chi connectivity index (χ3n) is 3.94. The summed E-state index contributed by atoms with van der Waals surface area (Å²) in [6, 6.07) is -8.90. The molecule has 0 aliphatic carbocycles. The third kappa shape index (κ3) is 3.50. The van der Waals surface area contributed by atoms with Crippen molar-refractivity contribution in [1.82, 2.24) is 0 Å². The molecule has 0 radical (unpaired) electrons. The Balaban J connectivity index is 0.000000216. The molecule has 6 aromatic carbocycles. The SMILES string of the molecule is [2H]c1c([2H])c([2H])c2c(Br)c3c([2H])c([2H])c([2H])c([2H])c3c([2H])c2c1[2H].[2H]c1c([2H])c([2H])c2c([2H])c3c([2H])c([2H])c([2H])c([2H])c3c([2H])c2c1[2H].[H-]. The molecule has 0 saturated heterocycles. The largest absolute Gasteiger partial charge is 1.00 e. The van der Waals surface area contributed by atoms with Gasteiger partial charge in [-0.25, -0.2) is 0 Å². The van der Waals surface area contributed by atoms with Gasteiger partial charge in [-0.15, -0.1) is 0 Å². The highest BCUT2D eigenvalue weighted by atomic mass is 79.9. The number of hydrogen-bond donors (Lipinski definition) is 0. The number of hydrogen-bond acceptors (Lipinski definition) is 0. The van der Waals surface area contributed by atoms with Gasteiger partial charge in [-0.1, -0.05) is 96.7 Å². The molecular formula is C28H20Br-. The van der Waals surface area contributed by atoms with Crippen molar-refractivity contribution in [1.29, 1.82) is 0 Å². The van der Waals surface area contributed by atoms with E-state index in [4.69, 9.17) is 26.0 Å². The fraction of sp³-hybridized carbons (Fsp3) is 0. The van der Waals surface area contributed by atoms with E-state index in [2.05, 4.69) is 15.9 Å². The average molecular weight is 455 g/mol. The first-order valence-electron chi connectivity index (χ1n) is 17.7. The molecular weight excluding hydrogens is 416 g/mol. The Labute approximate surface area is 206 Å². The molecule has 6 aromatic rings. The Bertz CT molecular complexity index is 1960. The van der Waals surface area contributed by atoms with Gasteiger partial charge in [0, 0.05) is 4.47 Å². The van der Waals surface area contributed by atoms with E-state index >= 15 is 0 Å². The highest BCUT2D eigenvalue weighted by molar-refractivity contribution is 9.10. The van der Waals surface area contributed by atoms with E-state index in [1.54, 1.807) is 0 Å². The summed E-state index contributed by atoms with van der Waals surface area (Å²) >= 11 is 3.22. The molecule has 0 aromatic heterocycles. The molecule has 1 heteroatoms. The van der Waals surface area contributed by atoms with E-state index in [0.29, 0.717) is 0 Å². The first-order chi connectivity index (χ1) is 22.2. The van der Waals surface area contributed by atoms with Gasteiger partial charge in [0.1, 0.15) is 0 Å². The molecule has 0 spiro atoms. The standard InChI is InChI=1S/C14H9Br.C14H10.H/c15-14-12-7-3-1-5-10(12)9-11-6-2-4-8-13(11)14;1-2-6-12-10-14-8-4-3-7-13(14)9-11(12)5-1;/h1-9H;1-10H;/q;;-1/i1D,2D,3D,4D,5D,6D,7D,8D,9D;1D,2D,3D,4D,5D,6D,7D,8D,9D,10D;. The molecule has 0 aliphatic heterocycles. The second kappa shape index (κ2) is 7.69. The predicted molar refractivity (Wildman–Crippen MR) is 132 cm³/mol. The van der Waals surface area contributed by atoms with Crippen LogP contribution in [0.1, 0.15) is 27.5 Å². The number of rotatable bonds is 0. The van der Waals surface area contributed by atoms with Crippen LogP contribution in [-0.2, 0) is 0 Å². The van der Waals surface area contributed by atoms with Crippen LogP contribution in [0.3, 0.4) is 0 Å². The molecule has 0 unspecified atom stereocenters. The van der Waals surface area contributed by atoms with Gasteiger partial charge in [0.25, 0.3) is 0 Å². The summed E-state index contributed by atoms with van der Waals surface area (Å²) in [6.07, 6.45) is 0. The Morgan fingerprint density at radius 3 is 1.10 bits per heavy atom. The van der Waals surface area contributed by atoms with E-state index in [9.17, 15) is 0 Å². The highest BCUT2D eigenvalue weighted by Gasteiger charge is 2.03. The van der Waals surface area contributed by atoms with Crippen molar-refractivity contribution in [3.8, 4) is 0 Å². The summed E-state index contributed by atoms with van der Waals surface area (Å²) in [6.45, 7) is 0. The maximum absolute atomic E-state index is 8.32. The minimum absolute atomic E-state index is 0. The van der Waals surface area contributed by atoms with Gasteiger partial charge < -0.3 is 1.43 Å². The number of fused-ring (bicyclic) bond motifs is 4. The smallest absolute Gasteiger partial charge is 0.0636 e. The van der Waals surface area contributed by atoms with Crippen molar-refractivity contribution in [2.24, 2.45) is 0 Å². The Hall–Kier alpha value is -3.16. The van der Waals surface area contributed by atoms with E-state index in [0.717, 1.165) is 0 Å². The Morgan fingerprint density at radius 2 is 0.724 bits per heavy atom.